The smallest absolute Gasteiger partial charge is 0.0758 e. The van der Waals surface area contributed by atoms with E-state index in [-0.39, 0.29) is 0 Å². The quantitative estimate of drug-likeness (QED) is 0.559. The van der Waals surface area contributed by atoms with Gasteiger partial charge in [0.05, 0.1) is 6.54 Å². The molecule has 0 fully saturated rings. The Bertz CT molecular complexity index is 114. The molecule has 0 amide bonds. The summed E-state index contributed by atoms with van der Waals surface area (Å²) >= 11 is 0. The Labute approximate surface area is 56.5 Å². The Kier molecular flexibility index (Phi) is 3.93. The monoisotopic (exact) mass is 126 g/mol. The molecule has 52 valence electrons. The molecule has 0 heterocycles. The van der Waals surface area contributed by atoms with E-state index in [1.54, 1.807) is 6.92 Å². The van der Waals surface area contributed by atoms with Crippen LogP contribution in [0.5, 0.6) is 0 Å². The largest absolute Gasteiger partial charge is 0.308 e. The van der Waals surface area contributed by atoms with E-state index in [2.05, 4.69) is 18.8 Å². The summed E-state index contributed by atoms with van der Waals surface area (Å²) in [6, 6.07) is 0. The summed E-state index contributed by atoms with van der Waals surface area (Å²) in [5.74, 6) is 0.504. The molecule has 1 N–H and O–H groups in total. The van der Waals surface area contributed by atoms with Gasteiger partial charge in [-0.3, -0.25) is 4.99 Å². The summed E-state index contributed by atoms with van der Waals surface area (Å²) in [6.07, 6.45) is 1.87. The van der Waals surface area contributed by atoms with Crippen molar-refractivity contribution in [2.75, 3.05) is 6.54 Å². The second-order valence-corrected chi connectivity index (χ2v) is 2.51. The van der Waals surface area contributed by atoms with Gasteiger partial charge in [0.15, 0.2) is 0 Å². The predicted molar refractivity (Wildman–Crippen MR) is 41.6 cm³/mol. The lowest BCUT2D eigenvalue weighted by Gasteiger charge is -1.92. The summed E-state index contributed by atoms with van der Waals surface area (Å²) in [6.45, 7) is 6.46. The van der Waals surface area contributed by atoms with Crippen molar-refractivity contribution in [2.24, 2.45) is 10.9 Å². The molecule has 0 spiro atoms. The Balaban J connectivity index is 3.36. The van der Waals surface area contributed by atoms with Gasteiger partial charge in [-0.05, 0) is 12.8 Å². The van der Waals surface area contributed by atoms with Crippen LogP contribution in [0.1, 0.15) is 20.8 Å². The van der Waals surface area contributed by atoms with E-state index in [0.717, 1.165) is 0 Å². The summed E-state index contributed by atoms with van der Waals surface area (Å²) in [5, 5.41) is 7.02. The third-order valence-electron chi connectivity index (χ3n) is 0.732. The molecule has 0 aromatic rings. The Hall–Kier alpha value is -0.660. The maximum Gasteiger partial charge on any atom is 0.0758 e. The third-order valence-corrected chi connectivity index (χ3v) is 0.732. The van der Waals surface area contributed by atoms with E-state index in [0.29, 0.717) is 18.2 Å². The van der Waals surface area contributed by atoms with Crippen LogP contribution in [-0.4, -0.2) is 18.5 Å². The third kappa shape index (κ3) is 7.34. The van der Waals surface area contributed by atoms with Crippen LogP contribution < -0.4 is 0 Å². The number of hydrogen-bond donors (Lipinski definition) is 1. The van der Waals surface area contributed by atoms with Crippen LogP contribution in [0.2, 0.25) is 0 Å². The zero-order valence-electron chi connectivity index (χ0n) is 6.31. The first kappa shape index (κ1) is 8.34. The van der Waals surface area contributed by atoms with Crippen LogP contribution in [0.3, 0.4) is 0 Å². The molecule has 0 aliphatic heterocycles. The van der Waals surface area contributed by atoms with Crippen LogP contribution in [0.15, 0.2) is 4.99 Å². The van der Waals surface area contributed by atoms with Gasteiger partial charge in [-0.2, -0.15) is 0 Å². The highest BCUT2D eigenvalue weighted by atomic mass is 14.7. The Morgan fingerprint density at radius 2 is 2.22 bits per heavy atom. The normalized spacial score (nSPS) is 11.1. The molecule has 0 aromatic heterocycles. The van der Waals surface area contributed by atoms with Gasteiger partial charge >= 0.3 is 0 Å². The van der Waals surface area contributed by atoms with Crippen LogP contribution >= 0.6 is 0 Å². The van der Waals surface area contributed by atoms with Crippen molar-refractivity contribution in [2.45, 2.75) is 20.8 Å². The van der Waals surface area contributed by atoms with Gasteiger partial charge in [-0.25, -0.2) is 0 Å². The number of rotatable bonds is 3. The van der Waals surface area contributed by atoms with Crippen LogP contribution in [-0.2, 0) is 0 Å². The maximum atomic E-state index is 7.02. The van der Waals surface area contributed by atoms with Crippen LogP contribution in [0.4, 0.5) is 0 Å². The van der Waals surface area contributed by atoms with Crippen molar-refractivity contribution in [1.82, 2.24) is 0 Å². The minimum atomic E-state index is 0.504. The van der Waals surface area contributed by atoms with Crippen molar-refractivity contribution < 1.29 is 0 Å². The van der Waals surface area contributed by atoms with Gasteiger partial charge in [-0.15, -0.1) is 0 Å². The second-order valence-electron chi connectivity index (χ2n) is 2.51. The maximum absolute atomic E-state index is 7.02. The van der Waals surface area contributed by atoms with Crippen molar-refractivity contribution in [3.63, 3.8) is 0 Å². The Morgan fingerprint density at radius 3 is 2.56 bits per heavy atom. The number of hydrogen-bond acceptors (Lipinski definition) is 2. The zero-order chi connectivity index (χ0) is 7.28. The molecule has 0 aliphatic carbocycles. The standard InChI is InChI=1S/C7H14N2/c1-6(2)4-9-5-7(3)8/h4,6,8H,5H2,1-3H3. The fourth-order valence-corrected chi connectivity index (χ4v) is 0.400. The molecule has 9 heavy (non-hydrogen) atoms. The molecule has 0 atom stereocenters. The van der Waals surface area contributed by atoms with Crippen molar-refractivity contribution in [3.05, 3.63) is 0 Å². The van der Waals surface area contributed by atoms with Crippen molar-refractivity contribution in [1.29, 1.82) is 5.41 Å². The lowest BCUT2D eigenvalue weighted by atomic mass is 10.2. The van der Waals surface area contributed by atoms with Gasteiger partial charge < -0.3 is 5.41 Å². The summed E-state index contributed by atoms with van der Waals surface area (Å²) in [4.78, 5) is 4.02. The molecule has 0 bridgehead atoms. The van der Waals surface area contributed by atoms with Crippen LogP contribution in [0.25, 0.3) is 0 Å². The van der Waals surface area contributed by atoms with Crippen molar-refractivity contribution in [3.8, 4) is 0 Å². The molecular formula is C7H14N2. The summed E-state index contributed by atoms with van der Waals surface area (Å²) in [5.41, 5.74) is 0.618. The highest BCUT2D eigenvalue weighted by molar-refractivity contribution is 5.82. The second kappa shape index (κ2) is 4.24. The average Bonchev–Trinajstić information content (AvgIpc) is 1.63. The number of nitrogens with zero attached hydrogens (tertiary/aromatic N) is 1. The van der Waals surface area contributed by atoms with Gasteiger partial charge in [0.1, 0.15) is 0 Å². The summed E-state index contributed by atoms with van der Waals surface area (Å²) in [7, 11) is 0. The Morgan fingerprint density at radius 1 is 1.67 bits per heavy atom. The fraction of sp³-hybridized carbons (Fsp3) is 0.714. The number of nitrogens with one attached hydrogen (secondary N) is 1. The molecule has 0 radical (unpaired) electrons. The topological polar surface area (TPSA) is 36.2 Å². The van der Waals surface area contributed by atoms with Gasteiger partial charge in [0.2, 0.25) is 0 Å². The van der Waals surface area contributed by atoms with E-state index in [9.17, 15) is 0 Å². The first-order chi connectivity index (χ1) is 4.13. The zero-order valence-corrected chi connectivity index (χ0v) is 6.31. The van der Waals surface area contributed by atoms with Crippen molar-refractivity contribution >= 4 is 11.9 Å². The highest BCUT2D eigenvalue weighted by Crippen LogP contribution is 1.84. The van der Waals surface area contributed by atoms with E-state index in [4.69, 9.17) is 5.41 Å². The molecule has 0 unspecified atom stereocenters. The lowest BCUT2D eigenvalue weighted by molar-refractivity contribution is 0.902. The van der Waals surface area contributed by atoms with Gasteiger partial charge in [0.25, 0.3) is 0 Å². The predicted octanol–water partition coefficient (Wildman–Crippen LogP) is 1.75. The van der Waals surface area contributed by atoms with Crippen LogP contribution in [0, 0.1) is 11.3 Å². The van der Waals surface area contributed by atoms with E-state index >= 15 is 0 Å². The molecule has 0 aliphatic rings. The average molecular weight is 126 g/mol. The molecule has 0 saturated heterocycles. The molecule has 0 aromatic carbocycles. The first-order valence-electron chi connectivity index (χ1n) is 3.17. The molecular weight excluding hydrogens is 112 g/mol. The SMILES string of the molecule is CC(=N)CN=CC(C)C. The number of aliphatic imine (C=N–C) groups is 1. The highest BCUT2D eigenvalue weighted by Gasteiger charge is 1.84. The van der Waals surface area contributed by atoms with E-state index in [1.165, 1.54) is 0 Å². The minimum Gasteiger partial charge on any atom is -0.308 e. The molecule has 0 rings (SSSR count). The molecule has 0 saturated carbocycles. The van der Waals surface area contributed by atoms with Gasteiger partial charge in [-0.1, -0.05) is 13.8 Å². The van der Waals surface area contributed by atoms with E-state index in [1.807, 2.05) is 6.21 Å². The lowest BCUT2D eigenvalue weighted by Crippen LogP contribution is -1.96. The first-order valence-corrected chi connectivity index (χ1v) is 3.17. The minimum absolute atomic E-state index is 0.504. The fourth-order valence-electron chi connectivity index (χ4n) is 0.400. The molecule has 2 nitrogen and oxygen atoms in total. The van der Waals surface area contributed by atoms with Gasteiger partial charge in [0, 0.05) is 11.9 Å². The van der Waals surface area contributed by atoms with E-state index < -0.39 is 0 Å². The summed E-state index contributed by atoms with van der Waals surface area (Å²) < 4.78 is 0. The molecule has 2 heteroatoms.